The smallest absolute Gasteiger partial charge is 0.200 e. The van der Waals surface area contributed by atoms with Gasteiger partial charge in [0, 0.05) is 38.8 Å². The summed E-state index contributed by atoms with van der Waals surface area (Å²) in [6.45, 7) is 6.78. The fraction of sp³-hybridized carbons (Fsp3) is 0.636. The predicted molar refractivity (Wildman–Crippen MR) is 70.9 cm³/mol. The van der Waals surface area contributed by atoms with E-state index in [2.05, 4.69) is 37.3 Å². The van der Waals surface area contributed by atoms with E-state index in [4.69, 9.17) is 5.73 Å². The van der Waals surface area contributed by atoms with Crippen LogP contribution in [0.2, 0.25) is 0 Å². The van der Waals surface area contributed by atoms with Gasteiger partial charge in [-0.2, -0.15) is 0 Å². The van der Waals surface area contributed by atoms with Gasteiger partial charge in [-0.05, 0) is 29.5 Å². The summed E-state index contributed by atoms with van der Waals surface area (Å²) in [5.41, 5.74) is 6.37. The van der Waals surface area contributed by atoms with Crippen LogP contribution in [-0.2, 0) is 0 Å². The number of nitrogens with zero attached hydrogens (tertiary/aromatic N) is 7. The van der Waals surface area contributed by atoms with Crippen molar-refractivity contribution < 1.29 is 0 Å². The monoisotopic (exact) mass is 262 g/mol. The van der Waals surface area contributed by atoms with E-state index < -0.39 is 0 Å². The molecule has 3 heterocycles. The van der Waals surface area contributed by atoms with Gasteiger partial charge in [0.05, 0.1) is 0 Å². The Balaban J connectivity index is 1.70. The summed E-state index contributed by atoms with van der Waals surface area (Å²) in [7, 11) is 0. The van der Waals surface area contributed by atoms with Crippen molar-refractivity contribution in [1.82, 2.24) is 30.2 Å². The summed E-state index contributed by atoms with van der Waals surface area (Å²) >= 11 is 0. The number of hydrogen-bond donors (Lipinski definition) is 1. The zero-order chi connectivity index (χ0) is 13.2. The second kappa shape index (κ2) is 5.06. The molecule has 3 rings (SSSR count). The molecule has 0 spiro atoms. The largest absolute Gasteiger partial charge is 0.353 e. The Bertz CT molecular complexity index is 544. The Hall–Kier alpha value is -1.80. The van der Waals surface area contributed by atoms with Gasteiger partial charge in [0.25, 0.3) is 0 Å². The van der Waals surface area contributed by atoms with Crippen LogP contribution in [0.5, 0.6) is 0 Å². The quantitative estimate of drug-likeness (QED) is 0.758. The second-order valence-electron chi connectivity index (χ2n) is 4.83. The molecule has 0 bridgehead atoms. The summed E-state index contributed by atoms with van der Waals surface area (Å²) in [5, 5.41) is 15.7. The zero-order valence-electron chi connectivity index (χ0n) is 11.0. The molecule has 1 aliphatic heterocycles. The van der Waals surface area contributed by atoms with Gasteiger partial charge in [-0.15, -0.1) is 14.8 Å². The lowest BCUT2D eigenvalue weighted by molar-refractivity contribution is 0.201. The molecular weight excluding hydrogens is 244 g/mol. The summed E-state index contributed by atoms with van der Waals surface area (Å²) in [6, 6.07) is 4.29. The van der Waals surface area contributed by atoms with E-state index in [9.17, 15) is 0 Å². The van der Waals surface area contributed by atoms with Gasteiger partial charge in [-0.1, -0.05) is 0 Å². The Morgan fingerprint density at radius 1 is 1.26 bits per heavy atom. The van der Waals surface area contributed by atoms with Crippen LogP contribution in [0, 0.1) is 0 Å². The van der Waals surface area contributed by atoms with Crippen LogP contribution in [0.25, 0.3) is 5.65 Å². The number of tetrazole rings is 1. The van der Waals surface area contributed by atoms with Crippen molar-refractivity contribution in [2.45, 2.75) is 13.0 Å². The minimum absolute atomic E-state index is 0.442. The molecule has 2 aromatic rings. The molecule has 0 aliphatic carbocycles. The first kappa shape index (κ1) is 12.2. The van der Waals surface area contributed by atoms with Crippen molar-refractivity contribution in [3.8, 4) is 0 Å². The molecule has 8 nitrogen and oxygen atoms in total. The van der Waals surface area contributed by atoms with Crippen molar-refractivity contribution >= 4 is 11.5 Å². The fourth-order valence-corrected chi connectivity index (χ4v) is 2.35. The van der Waals surface area contributed by atoms with E-state index >= 15 is 0 Å². The summed E-state index contributed by atoms with van der Waals surface area (Å²) in [5.74, 6) is 0.917. The predicted octanol–water partition coefficient (Wildman–Crippen LogP) is -1.01. The van der Waals surface area contributed by atoms with Gasteiger partial charge in [-0.25, -0.2) is 0 Å². The van der Waals surface area contributed by atoms with Gasteiger partial charge < -0.3 is 10.6 Å². The van der Waals surface area contributed by atoms with Crippen LogP contribution in [0.3, 0.4) is 0 Å². The number of hydrogen-bond acceptors (Lipinski definition) is 7. The van der Waals surface area contributed by atoms with E-state index in [-0.39, 0.29) is 0 Å². The topological polar surface area (TPSA) is 88.5 Å². The molecule has 0 radical (unpaired) electrons. The van der Waals surface area contributed by atoms with E-state index in [1.165, 1.54) is 4.63 Å². The summed E-state index contributed by atoms with van der Waals surface area (Å²) < 4.78 is 1.46. The molecule has 1 atom stereocenters. The number of fused-ring (bicyclic) bond motifs is 1. The van der Waals surface area contributed by atoms with Crippen LogP contribution in [0.15, 0.2) is 12.1 Å². The van der Waals surface area contributed by atoms with Crippen LogP contribution in [0.1, 0.15) is 6.92 Å². The molecule has 1 fully saturated rings. The minimum Gasteiger partial charge on any atom is -0.353 e. The highest BCUT2D eigenvalue weighted by Crippen LogP contribution is 2.14. The van der Waals surface area contributed by atoms with E-state index in [0.29, 0.717) is 18.2 Å². The molecule has 0 saturated carbocycles. The Morgan fingerprint density at radius 2 is 2.05 bits per heavy atom. The lowest BCUT2D eigenvalue weighted by Crippen LogP contribution is -2.51. The maximum absolute atomic E-state index is 5.71. The summed E-state index contributed by atoms with van der Waals surface area (Å²) in [6.07, 6.45) is 0. The van der Waals surface area contributed by atoms with Crippen molar-refractivity contribution in [2.24, 2.45) is 5.73 Å². The first-order valence-corrected chi connectivity index (χ1v) is 6.52. The molecular formula is C11H18N8. The molecule has 2 N–H and O–H groups in total. The number of anilines is 1. The normalized spacial score (nSPS) is 18.9. The Kier molecular flexibility index (Phi) is 3.26. The van der Waals surface area contributed by atoms with Crippen molar-refractivity contribution in [2.75, 3.05) is 37.6 Å². The number of rotatable bonds is 3. The fourth-order valence-electron chi connectivity index (χ4n) is 2.35. The third-order valence-corrected chi connectivity index (χ3v) is 3.66. The molecule has 102 valence electrons. The molecule has 0 aromatic carbocycles. The number of aromatic nitrogens is 5. The SMILES string of the molecule is CC(CN)N1CCN(c2ccc3nnnn3n2)CC1. The van der Waals surface area contributed by atoms with E-state index in [1.807, 2.05) is 12.1 Å². The van der Waals surface area contributed by atoms with Crippen LogP contribution < -0.4 is 10.6 Å². The van der Waals surface area contributed by atoms with Gasteiger partial charge in [0.15, 0.2) is 11.5 Å². The van der Waals surface area contributed by atoms with Crippen molar-refractivity contribution in [3.05, 3.63) is 12.1 Å². The molecule has 2 aromatic heterocycles. The number of piperazine rings is 1. The Labute approximate surface area is 111 Å². The third kappa shape index (κ3) is 2.36. The van der Waals surface area contributed by atoms with Crippen LogP contribution >= 0.6 is 0 Å². The third-order valence-electron chi connectivity index (χ3n) is 3.66. The highest BCUT2D eigenvalue weighted by Gasteiger charge is 2.21. The van der Waals surface area contributed by atoms with Gasteiger partial charge in [0.1, 0.15) is 0 Å². The van der Waals surface area contributed by atoms with Crippen LogP contribution in [-0.4, -0.2) is 68.9 Å². The molecule has 1 saturated heterocycles. The first-order chi connectivity index (χ1) is 9.28. The highest BCUT2D eigenvalue weighted by atomic mass is 15.6. The van der Waals surface area contributed by atoms with Crippen molar-refractivity contribution in [3.63, 3.8) is 0 Å². The lowest BCUT2D eigenvalue weighted by Gasteiger charge is -2.38. The highest BCUT2D eigenvalue weighted by molar-refractivity contribution is 5.44. The molecule has 1 aliphatic rings. The maximum Gasteiger partial charge on any atom is 0.200 e. The maximum atomic E-state index is 5.71. The average Bonchev–Trinajstić information content (AvgIpc) is 2.94. The first-order valence-electron chi connectivity index (χ1n) is 6.52. The lowest BCUT2D eigenvalue weighted by atomic mass is 10.2. The molecule has 19 heavy (non-hydrogen) atoms. The van der Waals surface area contributed by atoms with Crippen LogP contribution in [0.4, 0.5) is 5.82 Å². The second-order valence-corrected chi connectivity index (χ2v) is 4.83. The van der Waals surface area contributed by atoms with E-state index in [1.54, 1.807) is 0 Å². The van der Waals surface area contributed by atoms with Gasteiger partial charge in [0.2, 0.25) is 0 Å². The summed E-state index contributed by atoms with van der Waals surface area (Å²) in [4.78, 5) is 4.66. The zero-order valence-corrected chi connectivity index (χ0v) is 11.0. The van der Waals surface area contributed by atoms with E-state index in [0.717, 1.165) is 32.0 Å². The molecule has 0 amide bonds. The number of nitrogens with two attached hydrogens (primary N) is 1. The minimum atomic E-state index is 0.442. The average molecular weight is 262 g/mol. The van der Waals surface area contributed by atoms with Gasteiger partial charge >= 0.3 is 0 Å². The standard InChI is InChI=1S/C11H18N8/c1-9(8-12)17-4-6-18(7-5-17)11-3-2-10-13-15-16-19(10)14-11/h2-3,9H,4-8,12H2,1H3. The molecule has 8 heteroatoms. The van der Waals surface area contributed by atoms with Crippen molar-refractivity contribution in [1.29, 1.82) is 0 Å². The Morgan fingerprint density at radius 3 is 2.79 bits per heavy atom. The van der Waals surface area contributed by atoms with Gasteiger partial charge in [-0.3, -0.25) is 4.90 Å². The molecule has 1 unspecified atom stereocenters.